The predicted octanol–water partition coefficient (Wildman–Crippen LogP) is 5.59. The number of ether oxygens (including phenoxy) is 5. The highest BCUT2D eigenvalue weighted by Gasteiger charge is 2.33. The number of sulfonamides is 1. The minimum Gasteiger partial charge on any atom is -0.455 e. The van der Waals surface area contributed by atoms with Gasteiger partial charge in [-0.1, -0.05) is 18.2 Å². The predicted molar refractivity (Wildman–Crippen MR) is 189 cm³/mol. The van der Waals surface area contributed by atoms with E-state index in [1.807, 2.05) is 18.2 Å². The third-order valence-electron chi connectivity index (χ3n) is 8.18. The highest BCUT2D eigenvalue weighted by atomic mass is 32.2. The molecule has 4 aromatic rings. The van der Waals surface area contributed by atoms with Crippen LogP contribution in [0.15, 0.2) is 65.1 Å². The first kappa shape index (κ1) is 38.6. The Kier molecular flexibility index (Phi) is 13.1. The van der Waals surface area contributed by atoms with Crippen molar-refractivity contribution in [1.29, 1.82) is 0 Å². The Labute approximate surface area is 300 Å². The van der Waals surface area contributed by atoms with Gasteiger partial charge in [-0.25, -0.2) is 22.4 Å². The third-order valence-corrected chi connectivity index (χ3v) is 9.36. The Hall–Kier alpha value is -4.67. The van der Waals surface area contributed by atoms with Gasteiger partial charge in [0.15, 0.2) is 5.78 Å². The van der Waals surface area contributed by atoms with Gasteiger partial charge in [-0.2, -0.15) is 0 Å². The second-order valence-corrected chi connectivity index (χ2v) is 14.1. The highest BCUT2D eigenvalue weighted by Crippen LogP contribution is 2.48. The van der Waals surface area contributed by atoms with E-state index < -0.39 is 27.9 Å². The van der Waals surface area contributed by atoms with Crippen molar-refractivity contribution in [2.24, 2.45) is 5.73 Å². The second-order valence-electron chi connectivity index (χ2n) is 12.2. The first-order chi connectivity index (χ1) is 24.9. The molecule has 0 aliphatic heterocycles. The van der Waals surface area contributed by atoms with Gasteiger partial charge in [0, 0.05) is 22.6 Å². The molecule has 0 bridgehead atoms. The lowest BCUT2D eigenvalue weighted by Gasteiger charge is -2.25. The number of furan rings is 1. The van der Waals surface area contributed by atoms with Gasteiger partial charge < -0.3 is 33.8 Å². The number of carbonyl (C=O) groups excluding carboxylic acids is 3. The minimum absolute atomic E-state index is 0.00360. The maximum absolute atomic E-state index is 13.7. The number of ketones is 1. The van der Waals surface area contributed by atoms with E-state index in [1.165, 1.54) is 41.6 Å². The molecule has 0 atom stereocenters. The largest absolute Gasteiger partial charge is 0.455 e. The zero-order chi connectivity index (χ0) is 37.3. The molecule has 5 rings (SSSR count). The summed E-state index contributed by atoms with van der Waals surface area (Å²) in [7, 11) is -3.80. The van der Waals surface area contributed by atoms with E-state index in [0.29, 0.717) is 60.8 Å². The van der Waals surface area contributed by atoms with E-state index in [-0.39, 0.29) is 55.0 Å². The first-order valence-corrected chi connectivity index (χ1v) is 18.5. The van der Waals surface area contributed by atoms with E-state index in [2.05, 4.69) is 0 Å². The summed E-state index contributed by atoms with van der Waals surface area (Å²) in [6.45, 7) is 3.91. The highest BCUT2D eigenvalue weighted by molar-refractivity contribution is 7.92. The Morgan fingerprint density at radius 2 is 1.52 bits per heavy atom. The molecule has 1 aliphatic rings. The maximum Gasteiger partial charge on any atom is 0.412 e. The molecule has 0 unspecified atom stereocenters. The van der Waals surface area contributed by atoms with E-state index in [9.17, 15) is 27.2 Å². The van der Waals surface area contributed by atoms with Crippen molar-refractivity contribution in [3.05, 3.63) is 88.7 Å². The van der Waals surface area contributed by atoms with Crippen LogP contribution in [0.3, 0.4) is 0 Å². The number of amides is 1. The minimum atomic E-state index is -3.80. The number of nitrogens with zero attached hydrogens (tertiary/aromatic N) is 1. The zero-order valence-corrected chi connectivity index (χ0v) is 29.7. The lowest BCUT2D eigenvalue weighted by molar-refractivity contribution is -0.00330. The molecule has 1 aliphatic carbocycles. The standard InChI is InChI=1S/C37H41FN2O11S/c1-24(41)28-5-3-4-25(20-28)23-49-19-18-48-17-16-47-15-14-46-13-12-40(52(2,44)45)32-22-33-31(21-30(32)26-6-7-26)34(36(42)51-37(39)43)35(50-33)27-8-10-29(38)11-9-27/h3-5,8-11,20-22,26H,6-7,12-19,23H2,1-2H3,(H2,39,43). The van der Waals surface area contributed by atoms with Crippen LogP contribution < -0.4 is 10.0 Å². The number of Topliss-reactive ketones (excluding diaryl/α,β-unsaturated/α-hetero) is 1. The summed E-state index contributed by atoms with van der Waals surface area (Å²) in [4.78, 5) is 36.1. The molecular weight excluding hydrogens is 699 g/mol. The van der Waals surface area contributed by atoms with Gasteiger partial charge in [-0.15, -0.1) is 0 Å². The number of anilines is 1. The molecule has 1 heterocycles. The quantitative estimate of drug-likeness (QED) is 0.0518. The monoisotopic (exact) mass is 740 g/mol. The smallest absolute Gasteiger partial charge is 0.412 e. The Morgan fingerprint density at radius 1 is 0.885 bits per heavy atom. The van der Waals surface area contributed by atoms with Crippen molar-refractivity contribution >= 4 is 44.5 Å². The average molecular weight is 741 g/mol. The normalized spacial score (nSPS) is 13.0. The molecule has 52 heavy (non-hydrogen) atoms. The molecule has 3 aromatic carbocycles. The van der Waals surface area contributed by atoms with E-state index in [1.54, 1.807) is 12.1 Å². The second kappa shape index (κ2) is 17.7. The summed E-state index contributed by atoms with van der Waals surface area (Å²) in [5.41, 5.74) is 8.13. The SMILES string of the molecule is CC(=O)c1cccc(COCCOCCOCCOCCN(c2cc3oc(-c4ccc(F)cc4)c(C(=O)OC(N)=O)c3cc2C2CC2)S(C)(=O)=O)c1. The van der Waals surface area contributed by atoms with Crippen molar-refractivity contribution in [1.82, 2.24) is 0 Å². The molecule has 13 nitrogen and oxygen atoms in total. The Morgan fingerprint density at radius 3 is 2.12 bits per heavy atom. The fourth-order valence-electron chi connectivity index (χ4n) is 5.58. The van der Waals surface area contributed by atoms with Gasteiger partial charge in [0.1, 0.15) is 22.7 Å². The molecule has 0 spiro atoms. The molecule has 2 N–H and O–H groups in total. The van der Waals surface area contributed by atoms with Crippen LogP contribution >= 0.6 is 0 Å². The number of benzene rings is 3. The topological polar surface area (TPSA) is 174 Å². The van der Waals surface area contributed by atoms with Crippen LogP contribution in [0.4, 0.5) is 14.9 Å². The number of halogens is 1. The number of esters is 1. The first-order valence-electron chi connectivity index (χ1n) is 16.7. The number of nitrogens with two attached hydrogens (primary N) is 1. The molecule has 1 saturated carbocycles. The van der Waals surface area contributed by atoms with Crippen LogP contribution in [0.25, 0.3) is 22.3 Å². The number of carbonyl (C=O) groups is 3. The molecule has 1 fully saturated rings. The van der Waals surface area contributed by atoms with E-state index in [0.717, 1.165) is 24.7 Å². The fourth-order valence-corrected chi connectivity index (χ4v) is 6.50. The lowest BCUT2D eigenvalue weighted by Crippen LogP contribution is -2.34. The maximum atomic E-state index is 13.7. The average Bonchev–Trinajstić information content (AvgIpc) is 3.87. The Bertz CT molecular complexity index is 1990. The van der Waals surface area contributed by atoms with Crippen LogP contribution in [0.5, 0.6) is 0 Å². The van der Waals surface area contributed by atoms with Crippen LogP contribution in [0, 0.1) is 5.82 Å². The van der Waals surface area contributed by atoms with Gasteiger partial charge in [-0.3, -0.25) is 9.10 Å². The lowest BCUT2D eigenvalue weighted by atomic mass is 10.0. The van der Waals surface area contributed by atoms with Crippen molar-refractivity contribution in [3.63, 3.8) is 0 Å². The number of fused-ring (bicyclic) bond motifs is 1. The van der Waals surface area contributed by atoms with E-state index >= 15 is 0 Å². The number of hydrogen-bond acceptors (Lipinski definition) is 11. The molecule has 278 valence electrons. The van der Waals surface area contributed by atoms with Crippen LogP contribution in [-0.2, 0) is 40.3 Å². The van der Waals surface area contributed by atoms with Crippen molar-refractivity contribution < 1.29 is 55.3 Å². The van der Waals surface area contributed by atoms with Crippen LogP contribution in [-0.4, -0.2) is 85.3 Å². The number of rotatable bonds is 20. The summed E-state index contributed by atoms with van der Waals surface area (Å²) in [5, 5.41) is 0.297. The van der Waals surface area contributed by atoms with Crippen molar-refractivity contribution in [2.45, 2.75) is 32.3 Å². The molecule has 1 aromatic heterocycles. The van der Waals surface area contributed by atoms with Crippen LogP contribution in [0.1, 0.15) is 57.5 Å². The summed E-state index contributed by atoms with van der Waals surface area (Å²) >= 11 is 0. The Balaban J connectivity index is 1.14. The molecule has 0 radical (unpaired) electrons. The molecule has 15 heteroatoms. The molecule has 1 amide bonds. The van der Waals surface area contributed by atoms with Gasteiger partial charge in [0.25, 0.3) is 0 Å². The third kappa shape index (κ3) is 10.4. The van der Waals surface area contributed by atoms with Crippen molar-refractivity contribution in [2.75, 3.05) is 63.4 Å². The zero-order valence-electron chi connectivity index (χ0n) is 28.9. The summed E-state index contributed by atoms with van der Waals surface area (Å²) in [6.07, 6.45) is 1.40. The van der Waals surface area contributed by atoms with Gasteiger partial charge in [-0.05, 0) is 73.2 Å². The fraction of sp³-hybridized carbons (Fsp3) is 0.378. The summed E-state index contributed by atoms with van der Waals surface area (Å²) in [6, 6.07) is 15.7. The number of hydrogen-bond donors (Lipinski definition) is 1. The van der Waals surface area contributed by atoms with Gasteiger partial charge in [0.05, 0.1) is 71.3 Å². The molecule has 0 saturated heterocycles. The number of primary amides is 1. The van der Waals surface area contributed by atoms with Crippen molar-refractivity contribution in [3.8, 4) is 11.3 Å². The van der Waals surface area contributed by atoms with Gasteiger partial charge >= 0.3 is 12.1 Å². The van der Waals surface area contributed by atoms with E-state index in [4.69, 9.17) is 33.8 Å². The summed E-state index contributed by atoms with van der Waals surface area (Å²) < 4.78 is 74.2. The van der Waals surface area contributed by atoms with Crippen LogP contribution in [0.2, 0.25) is 0 Å². The summed E-state index contributed by atoms with van der Waals surface area (Å²) in [5.74, 6) is -1.51. The molecular formula is C37H41FN2O11S. The van der Waals surface area contributed by atoms with Gasteiger partial charge in [0.2, 0.25) is 10.0 Å².